The molecule has 7 heteroatoms. The van der Waals surface area contributed by atoms with Crippen molar-refractivity contribution in [2.24, 2.45) is 11.8 Å². The summed E-state index contributed by atoms with van der Waals surface area (Å²) < 4.78 is 24.9. The van der Waals surface area contributed by atoms with Crippen molar-refractivity contribution in [1.82, 2.24) is 0 Å². The zero-order valence-corrected chi connectivity index (χ0v) is 14.8. The minimum atomic E-state index is -3.48. The molecule has 0 radical (unpaired) electrons. The minimum absolute atomic E-state index is 0.179. The first-order chi connectivity index (χ1) is 12.4. The molecular formula is C19H19NO5S. The molecule has 0 bridgehead atoms. The highest BCUT2D eigenvalue weighted by atomic mass is 32.2. The van der Waals surface area contributed by atoms with Gasteiger partial charge in [0.1, 0.15) is 0 Å². The number of sulfone groups is 1. The normalized spacial score (nSPS) is 19.4. The Labute approximate surface area is 151 Å². The Kier molecular flexibility index (Phi) is 5.08. The van der Waals surface area contributed by atoms with Crippen molar-refractivity contribution in [3.63, 3.8) is 0 Å². The Bertz CT molecular complexity index is 924. The molecule has 2 unspecified atom stereocenters. The Balaban J connectivity index is 1.71. The van der Waals surface area contributed by atoms with E-state index >= 15 is 0 Å². The van der Waals surface area contributed by atoms with Crippen LogP contribution >= 0.6 is 0 Å². The van der Waals surface area contributed by atoms with Gasteiger partial charge in [-0.05, 0) is 42.7 Å². The molecule has 1 amide bonds. The number of aliphatic carboxylic acids is 1. The summed E-state index contributed by atoms with van der Waals surface area (Å²) in [6.45, 7) is 0. The molecule has 0 aromatic heterocycles. The highest BCUT2D eigenvalue weighted by Crippen LogP contribution is 2.35. The molecule has 2 N–H and O–H groups in total. The summed E-state index contributed by atoms with van der Waals surface area (Å²) in [4.78, 5) is 23.5. The number of amides is 1. The number of hydrogen-bond acceptors (Lipinski definition) is 4. The Morgan fingerprint density at radius 2 is 1.69 bits per heavy atom. The lowest BCUT2D eigenvalue weighted by molar-refractivity contribution is -0.151. The Hall–Kier alpha value is -2.67. The van der Waals surface area contributed by atoms with E-state index in [9.17, 15) is 18.0 Å². The van der Waals surface area contributed by atoms with Gasteiger partial charge in [0.2, 0.25) is 5.91 Å². The first-order valence-corrected chi connectivity index (χ1v) is 9.92. The standard InChI is InChI=1S/C19H19NO5S/c21-18(16-9-10-17(16)19(22)23)20-14-6-4-5-13(11-14)12-26(24,25)15-7-2-1-3-8-15/h1-8,11,16-17H,9-10,12H2,(H,20,21)(H,22,23). The fraction of sp³-hybridized carbons (Fsp3) is 0.263. The van der Waals surface area contributed by atoms with E-state index in [1.165, 1.54) is 0 Å². The summed E-state index contributed by atoms with van der Waals surface area (Å²) in [6.07, 6.45) is 1.05. The fourth-order valence-electron chi connectivity index (χ4n) is 3.01. The molecule has 0 aliphatic heterocycles. The van der Waals surface area contributed by atoms with E-state index in [1.807, 2.05) is 0 Å². The zero-order valence-electron chi connectivity index (χ0n) is 14.0. The first kappa shape index (κ1) is 18.1. The minimum Gasteiger partial charge on any atom is -0.481 e. The van der Waals surface area contributed by atoms with Gasteiger partial charge in [0.25, 0.3) is 0 Å². The molecule has 1 aliphatic carbocycles. The maximum Gasteiger partial charge on any atom is 0.307 e. The summed E-state index contributed by atoms with van der Waals surface area (Å²) in [5.41, 5.74) is 1.02. The summed E-state index contributed by atoms with van der Waals surface area (Å²) in [6, 6.07) is 14.8. The van der Waals surface area contributed by atoms with Gasteiger partial charge in [-0.3, -0.25) is 9.59 Å². The average Bonchev–Trinajstić information content (AvgIpc) is 2.54. The lowest BCUT2D eigenvalue weighted by Gasteiger charge is -2.31. The van der Waals surface area contributed by atoms with E-state index in [2.05, 4.69) is 5.32 Å². The highest BCUT2D eigenvalue weighted by Gasteiger charge is 2.41. The highest BCUT2D eigenvalue weighted by molar-refractivity contribution is 7.90. The first-order valence-electron chi connectivity index (χ1n) is 8.27. The van der Waals surface area contributed by atoms with Gasteiger partial charge in [-0.25, -0.2) is 8.42 Å². The Morgan fingerprint density at radius 1 is 1.00 bits per heavy atom. The Morgan fingerprint density at radius 3 is 2.31 bits per heavy atom. The SMILES string of the molecule is O=C(O)C1CCC1C(=O)Nc1cccc(CS(=O)(=O)c2ccccc2)c1. The maximum atomic E-state index is 12.5. The van der Waals surface area contributed by atoms with Gasteiger partial charge >= 0.3 is 5.97 Å². The third-order valence-corrected chi connectivity index (χ3v) is 6.29. The molecular weight excluding hydrogens is 354 g/mol. The summed E-state index contributed by atoms with van der Waals surface area (Å²) in [7, 11) is -3.48. The summed E-state index contributed by atoms with van der Waals surface area (Å²) in [5, 5.41) is 11.7. The molecule has 136 valence electrons. The van der Waals surface area contributed by atoms with Gasteiger partial charge in [-0.2, -0.15) is 0 Å². The van der Waals surface area contributed by atoms with Gasteiger partial charge in [-0.15, -0.1) is 0 Å². The van der Waals surface area contributed by atoms with Gasteiger partial charge in [0.15, 0.2) is 9.84 Å². The number of hydrogen-bond donors (Lipinski definition) is 2. The fourth-order valence-corrected chi connectivity index (χ4v) is 4.37. The van der Waals surface area contributed by atoms with Gasteiger partial charge < -0.3 is 10.4 Å². The van der Waals surface area contributed by atoms with Crippen molar-refractivity contribution in [1.29, 1.82) is 0 Å². The van der Waals surface area contributed by atoms with Crippen LogP contribution in [0, 0.1) is 11.8 Å². The van der Waals surface area contributed by atoms with Gasteiger partial charge in [0, 0.05) is 5.69 Å². The van der Waals surface area contributed by atoms with Gasteiger partial charge in [-0.1, -0.05) is 30.3 Å². The second-order valence-electron chi connectivity index (χ2n) is 6.39. The lowest BCUT2D eigenvalue weighted by atomic mass is 9.73. The van der Waals surface area contributed by atoms with Gasteiger partial charge in [0.05, 0.1) is 22.5 Å². The number of carboxylic acids is 1. The molecule has 1 fully saturated rings. The van der Waals surface area contributed by atoms with Crippen molar-refractivity contribution >= 4 is 27.4 Å². The van der Waals surface area contributed by atoms with E-state index in [0.717, 1.165) is 0 Å². The molecule has 2 aromatic rings. The quantitative estimate of drug-likeness (QED) is 0.811. The molecule has 26 heavy (non-hydrogen) atoms. The molecule has 1 saturated carbocycles. The monoisotopic (exact) mass is 373 g/mol. The second-order valence-corrected chi connectivity index (χ2v) is 8.38. The van der Waals surface area contributed by atoms with Crippen molar-refractivity contribution in [3.8, 4) is 0 Å². The smallest absolute Gasteiger partial charge is 0.307 e. The van der Waals surface area contributed by atoms with Crippen LogP contribution in [-0.2, 0) is 25.2 Å². The summed E-state index contributed by atoms with van der Waals surface area (Å²) in [5.74, 6) is -2.66. The van der Waals surface area contributed by atoms with Crippen LogP contribution in [0.5, 0.6) is 0 Å². The van der Waals surface area contributed by atoms with Crippen molar-refractivity contribution in [2.75, 3.05) is 5.32 Å². The molecule has 0 spiro atoms. The molecule has 2 atom stereocenters. The number of carboxylic acid groups (broad SMARTS) is 1. The molecule has 6 nitrogen and oxygen atoms in total. The topological polar surface area (TPSA) is 101 Å². The van der Waals surface area contributed by atoms with E-state index in [0.29, 0.717) is 24.1 Å². The number of rotatable bonds is 6. The number of benzene rings is 2. The van der Waals surface area contributed by atoms with Crippen LogP contribution in [0.25, 0.3) is 0 Å². The number of anilines is 1. The predicted octanol–water partition coefficient (Wildman–Crippen LogP) is 2.71. The van der Waals surface area contributed by atoms with Crippen LogP contribution in [0.15, 0.2) is 59.5 Å². The molecule has 0 saturated heterocycles. The van der Waals surface area contributed by atoms with Crippen LogP contribution in [-0.4, -0.2) is 25.4 Å². The van der Waals surface area contributed by atoms with Crippen molar-refractivity contribution in [2.45, 2.75) is 23.5 Å². The maximum absolute atomic E-state index is 12.5. The largest absolute Gasteiger partial charge is 0.481 e. The van der Waals surface area contributed by atoms with Crippen molar-refractivity contribution in [3.05, 3.63) is 60.2 Å². The molecule has 2 aromatic carbocycles. The second kappa shape index (κ2) is 7.29. The number of nitrogens with one attached hydrogen (secondary N) is 1. The predicted molar refractivity (Wildman–Crippen MR) is 96.3 cm³/mol. The van der Waals surface area contributed by atoms with Crippen LogP contribution in [0.3, 0.4) is 0 Å². The zero-order chi connectivity index (χ0) is 18.7. The van der Waals surface area contributed by atoms with E-state index in [-0.39, 0.29) is 16.6 Å². The molecule has 3 rings (SSSR count). The lowest BCUT2D eigenvalue weighted by Crippen LogP contribution is -2.41. The van der Waals surface area contributed by atoms with Crippen LogP contribution in [0.1, 0.15) is 18.4 Å². The summed E-state index contributed by atoms with van der Waals surface area (Å²) >= 11 is 0. The van der Waals surface area contributed by atoms with Crippen LogP contribution in [0.4, 0.5) is 5.69 Å². The van der Waals surface area contributed by atoms with E-state index in [1.54, 1.807) is 54.6 Å². The van der Waals surface area contributed by atoms with Crippen LogP contribution < -0.4 is 5.32 Å². The van der Waals surface area contributed by atoms with Crippen LogP contribution in [0.2, 0.25) is 0 Å². The number of carbonyl (C=O) groups is 2. The third kappa shape index (κ3) is 3.94. The average molecular weight is 373 g/mol. The number of carbonyl (C=O) groups excluding carboxylic acids is 1. The van der Waals surface area contributed by atoms with E-state index in [4.69, 9.17) is 5.11 Å². The molecule has 1 aliphatic rings. The van der Waals surface area contributed by atoms with Crippen molar-refractivity contribution < 1.29 is 23.1 Å². The molecule has 0 heterocycles. The van der Waals surface area contributed by atoms with E-state index < -0.39 is 27.6 Å². The third-order valence-electron chi connectivity index (χ3n) is 4.58.